The number of nitrogens with one attached hydrogen (secondary N) is 2. The molecule has 10 heteroatoms. The van der Waals surface area contributed by atoms with Crippen LogP contribution in [0.25, 0.3) is 0 Å². The van der Waals surface area contributed by atoms with Crippen LogP contribution in [-0.4, -0.2) is 38.6 Å². The molecule has 4 N–H and O–H groups in total. The minimum atomic E-state index is -2.98. The number of methoxy groups -OCH3 is 1. The van der Waals surface area contributed by atoms with E-state index in [2.05, 4.69) is 15.4 Å². The van der Waals surface area contributed by atoms with Crippen LogP contribution in [0.15, 0.2) is 18.2 Å². The molecule has 0 heterocycles. The average Bonchev–Trinajstić information content (AvgIpc) is 2.50. The summed E-state index contributed by atoms with van der Waals surface area (Å²) in [6.07, 6.45) is 0. The highest BCUT2D eigenvalue weighted by Gasteiger charge is 2.12. The molecule has 1 aromatic carbocycles. The number of carbonyl (C=O) groups is 2. The number of hydrogen-bond donors (Lipinski definition) is 3. The number of carbonyl (C=O) groups excluding carboxylic acids is 2. The van der Waals surface area contributed by atoms with Crippen LogP contribution in [0.3, 0.4) is 0 Å². The van der Waals surface area contributed by atoms with Gasteiger partial charge < -0.3 is 25.8 Å². The molecule has 0 unspecified atom stereocenters. The lowest BCUT2D eigenvalue weighted by molar-refractivity contribution is -0.125. The number of hydrogen-bond acceptors (Lipinski definition) is 5. The fraction of sp³-hybridized carbons (Fsp3) is 0.385. The minimum Gasteiger partial charge on any atom is -0.497 e. The monoisotopic (exact) mass is 353 g/mol. The highest BCUT2D eigenvalue weighted by atomic mass is 35.5. The van der Waals surface area contributed by atoms with Crippen LogP contribution in [0.2, 0.25) is 0 Å². The Morgan fingerprint density at radius 2 is 1.96 bits per heavy atom. The molecule has 0 saturated carbocycles. The van der Waals surface area contributed by atoms with E-state index in [0.29, 0.717) is 11.3 Å². The number of halogens is 3. The number of alkyl halides is 2. The number of ether oxygens (including phenoxy) is 2. The summed E-state index contributed by atoms with van der Waals surface area (Å²) in [7, 11) is 1.42. The molecule has 2 amide bonds. The second kappa shape index (κ2) is 10.6. The summed E-state index contributed by atoms with van der Waals surface area (Å²) in [6, 6.07) is 4.25. The quantitative estimate of drug-likeness (QED) is 0.628. The Kier molecular flexibility index (Phi) is 9.59. The van der Waals surface area contributed by atoms with E-state index in [9.17, 15) is 18.4 Å². The third-order valence-corrected chi connectivity index (χ3v) is 2.59. The molecule has 0 bridgehead atoms. The number of amides is 2. The Morgan fingerprint density at radius 1 is 1.26 bits per heavy atom. The molecule has 0 aliphatic carbocycles. The predicted molar refractivity (Wildman–Crippen MR) is 80.8 cm³/mol. The molecule has 0 aliphatic rings. The van der Waals surface area contributed by atoms with Crippen LogP contribution in [0, 0.1) is 0 Å². The van der Waals surface area contributed by atoms with Gasteiger partial charge in [0.15, 0.2) is 0 Å². The lowest BCUT2D eigenvalue weighted by Gasteiger charge is -2.13. The van der Waals surface area contributed by atoms with Crippen LogP contribution < -0.4 is 25.8 Å². The summed E-state index contributed by atoms with van der Waals surface area (Å²) < 4.78 is 34.0. The van der Waals surface area contributed by atoms with Crippen LogP contribution in [-0.2, 0) is 16.1 Å². The first kappa shape index (κ1) is 20.9. The molecule has 1 aromatic rings. The smallest absolute Gasteiger partial charge is 0.387 e. The summed E-state index contributed by atoms with van der Waals surface area (Å²) in [6.45, 7) is -3.52. The molecule has 0 spiro atoms. The van der Waals surface area contributed by atoms with Crippen molar-refractivity contribution in [1.82, 2.24) is 10.6 Å². The topological polar surface area (TPSA) is 103 Å². The summed E-state index contributed by atoms with van der Waals surface area (Å²) in [5.74, 6) is -0.602. The van der Waals surface area contributed by atoms with Gasteiger partial charge in [0.25, 0.3) is 0 Å². The molecular weight excluding hydrogens is 336 g/mol. The second-order valence-electron chi connectivity index (χ2n) is 4.11. The third kappa shape index (κ3) is 7.61. The maximum absolute atomic E-state index is 12.3. The van der Waals surface area contributed by atoms with Gasteiger partial charge in [0.05, 0.1) is 20.2 Å². The van der Waals surface area contributed by atoms with Crippen LogP contribution in [0.4, 0.5) is 8.78 Å². The molecular formula is C13H18ClF2N3O4. The fourth-order valence-electron chi connectivity index (χ4n) is 1.54. The van der Waals surface area contributed by atoms with Crippen molar-refractivity contribution in [2.24, 2.45) is 5.73 Å². The molecule has 130 valence electrons. The van der Waals surface area contributed by atoms with Gasteiger partial charge in [-0.1, -0.05) is 0 Å². The first-order valence-corrected chi connectivity index (χ1v) is 6.31. The SMILES string of the molecule is COc1ccc(OC(F)F)c(CNC(=O)CNC(=O)CN)c1.Cl. The molecule has 0 aromatic heterocycles. The van der Waals surface area contributed by atoms with Gasteiger partial charge in [0.2, 0.25) is 11.8 Å². The van der Waals surface area contributed by atoms with Gasteiger partial charge in [0.1, 0.15) is 11.5 Å². The van der Waals surface area contributed by atoms with E-state index < -0.39 is 18.4 Å². The molecule has 0 aliphatic heterocycles. The molecule has 0 saturated heterocycles. The van der Waals surface area contributed by atoms with Gasteiger partial charge in [-0.25, -0.2) is 0 Å². The molecule has 0 fully saturated rings. The van der Waals surface area contributed by atoms with Gasteiger partial charge >= 0.3 is 6.61 Å². The summed E-state index contributed by atoms with van der Waals surface area (Å²) in [4.78, 5) is 22.5. The lowest BCUT2D eigenvalue weighted by Crippen LogP contribution is -2.39. The first-order chi connectivity index (χ1) is 10.5. The fourth-order valence-corrected chi connectivity index (χ4v) is 1.54. The Bertz CT molecular complexity index is 532. The summed E-state index contributed by atoms with van der Waals surface area (Å²) in [5, 5.41) is 4.75. The maximum Gasteiger partial charge on any atom is 0.387 e. The van der Waals surface area contributed by atoms with Crippen molar-refractivity contribution in [2.45, 2.75) is 13.2 Å². The van der Waals surface area contributed by atoms with Crippen molar-refractivity contribution in [3.8, 4) is 11.5 Å². The third-order valence-electron chi connectivity index (χ3n) is 2.59. The Labute approximate surface area is 137 Å². The van der Waals surface area contributed by atoms with Crippen LogP contribution in [0.1, 0.15) is 5.56 Å². The average molecular weight is 354 g/mol. The number of nitrogens with two attached hydrogens (primary N) is 1. The molecule has 1 rings (SSSR count). The van der Waals surface area contributed by atoms with E-state index in [1.165, 1.54) is 25.3 Å². The van der Waals surface area contributed by atoms with Crippen molar-refractivity contribution in [1.29, 1.82) is 0 Å². The zero-order valence-corrected chi connectivity index (χ0v) is 13.1. The van der Waals surface area contributed by atoms with E-state index in [0.717, 1.165) is 0 Å². The lowest BCUT2D eigenvalue weighted by atomic mass is 10.2. The van der Waals surface area contributed by atoms with Crippen molar-refractivity contribution >= 4 is 24.2 Å². The van der Waals surface area contributed by atoms with E-state index in [-0.39, 0.29) is 37.8 Å². The van der Waals surface area contributed by atoms with Gasteiger partial charge in [-0.15, -0.1) is 12.4 Å². The van der Waals surface area contributed by atoms with E-state index in [1.807, 2.05) is 0 Å². The summed E-state index contributed by atoms with van der Waals surface area (Å²) in [5.41, 5.74) is 5.39. The second-order valence-corrected chi connectivity index (χ2v) is 4.11. The highest BCUT2D eigenvalue weighted by molar-refractivity contribution is 5.85. The highest BCUT2D eigenvalue weighted by Crippen LogP contribution is 2.25. The van der Waals surface area contributed by atoms with Crippen molar-refractivity contribution < 1.29 is 27.8 Å². The Hall–Kier alpha value is -2.13. The van der Waals surface area contributed by atoms with Crippen molar-refractivity contribution in [3.05, 3.63) is 23.8 Å². The minimum absolute atomic E-state index is 0. The van der Waals surface area contributed by atoms with Crippen molar-refractivity contribution in [2.75, 3.05) is 20.2 Å². The first-order valence-electron chi connectivity index (χ1n) is 6.31. The zero-order valence-electron chi connectivity index (χ0n) is 12.3. The largest absolute Gasteiger partial charge is 0.497 e. The van der Waals surface area contributed by atoms with E-state index in [1.54, 1.807) is 0 Å². The van der Waals surface area contributed by atoms with Gasteiger partial charge in [-0.3, -0.25) is 9.59 Å². The van der Waals surface area contributed by atoms with Gasteiger partial charge in [-0.2, -0.15) is 8.78 Å². The normalized spacial score (nSPS) is 9.78. The Morgan fingerprint density at radius 3 is 2.52 bits per heavy atom. The molecule has 7 nitrogen and oxygen atoms in total. The number of benzene rings is 1. The van der Waals surface area contributed by atoms with Gasteiger partial charge in [-0.05, 0) is 18.2 Å². The standard InChI is InChI=1S/C13H17F2N3O4.ClH/c1-21-9-2-3-10(22-13(14)15)8(4-9)6-17-12(20)7-18-11(19)5-16;/h2-4,13H,5-7,16H2,1H3,(H,17,20)(H,18,19);1H. The maximum atomic E-state index is 12.3. The van der Waals surface area contributed by atoms with Crippen LogP contribution in [0.5, 0.6) is 11.5 Å². The predicted octanol–water partition coefficient (Wildman–Crippen LogP) is 0.410. The number of rotatable bonds is 8. The molecule has 0 radical (unpaired) electrons. The van der Waals surface area contributed by atoms with E-state index in [4.69, 9.17) is 10.5 Å². The van der Waals surface area contributed by atoms with Gasteiger partial charge in [0, 0.05) is 12.1 Å². The molecule has 23 heavy (non-hydrogen) atoms. The zero-order chi connectivity index (χ0) is 16.5. The Balaban J connectivity index is 0.00000484. The molecule has 0 atom stereocenters. The van der Waals surface area contributed by atoms with E-state index >= 15 is 0 Å². The van der Waals surface area contributed by atoms with Crippen molar-refractivity contribution in [3.63, 3.8) is 0 Å². The van der Waals surface area contributed by atoms with Crippen LogP contribution >= 0.6 is 12.4 Å². The summed E-state index contributed by atoms with van der Waals surface area (Å²) >= 11 is 0.